The van der Waals surface area contributed by atoms with E-state index in [9.17, 15) is 14.0 Å². The third kappa shape index (κ3) is 3.36. The summed E-state index contributed by atoms with van der Waals surface area (Å²) >= 11 is 0. The third-order valence-corrected chi connectivity index (χ3v) is 5.78. The lowest BCUT2D eigenvalue weighted by molar-refractivity contribution is -0.123. The number of ether oxygens (including phenoxy) is 2. The van der Waals surface area contributed by atoms with Crippen molar-refractivity contribution in [3.8, 4) is 23.0 Å². The minimum Gasteiger partial charge on any atom is -0.493 e. The molecule has 2 amide bonds. The number of anilines is 1. The molecule has 0 unspecified atom stereocenters. The van der Waals surface area contributed by atoms with E-state index in [1.54, 1.807) is 25.1 Å². The van der Waals surface area contributed by atoms with E-state index in [0.29, 0.717) is 34.4 Å². The number of aryl methyl sites for hydroxylation is 1. The van der Waals surface area contributed by atoms with E-state index in [1.165, 1.54) is 43.5 Å². The number of hydrogen-bond donors (Lipinski definition) is 0. The van der Waals surface area contributed by atoms with Crippen molar-refractivity contribution in [1.29, 1.82) is 0 Å². The van der Waals surface area contributed by atoms with Gasteiger partial charge in [-0.2, -0.15) is 5.11 Å². The first-order chi connectivity index (χ1) is 16.4. The molecule has 2 aliphatic heterocycles. The van der Waals surface area contributed by atoms with Crippen molar-refractivity contribution in [2.24, 2.45) is 10.3 Å². The maximum atomic E-state index is 13.3. The van der Waals surface area contributed by atoms with E-state index in [0.717, 1.165) is 4.90 Å². The van der Waals surface area contributed by atoms with Gasteiger partial charge < -0.3 is 13.9 Å². The number of methoxy groups -OCH3 is 2. The van der Waals surface area contributed by atoms with Gasteiger partial charge in [0.25, 0.3) is 11.8 Å². The number of halogens is 1. The quantitative estimate of drug-likeness (QED) is 0.514. The van der Waals surface area contributed by atoms with E-state index in [2.05, 4.69) is 15.3 Å². The smallest absolute Gasteiger partial charge is 0.263 e. The highest BCUT2D eigenvalue weighted by atomic mass is 19.1. The number of fused-ring (bicyclic) bond motifs is 1. The molecule has 1 saturated heterocycles. The van der Waals surface area contributed by atoms with Crippen LogP contribution in [0.1, 0.15) is 11.5 Å². The summed E-state index contributed by atoms with van der Waals surface area (Å²) in [4.78, 5) is 31.6. The SMILES string of the molecule is COc1cccc(-c2nc(CN3N=N[C@H]4C(=O)N(c5ccc(F)cc5)C(=O)[C@@H]43)c(C)o2)c1OC. The molecule has 11 heteroatoms. The summed E-state index contributed by atoms with van der Waals surface area (Å²) in [5, 5.41) is 9.48. The monoisotopic (exact) mass is 465 g/mol. The number of rotatable bonds is 6. The predicted molar refractivity (Wildman–Crippen MR) is 117 cm³/mol. The first-order valence-corrected chi connectivity index (χ1v) is 10.4. The number of aromatic nitrogens is 1. The number of nitrogens with zero attached hydrogens (tertiary/aromatic N) is 5. The molecule has 0 bridgehead atoms. The van der Waals surface area contributed by atoms with Crippen molar-refractivity contribution in [3.63, 3.8) is 0 Å². The fourth-order valence-electron chi connectivity index (χ4n) is 4.10. The Bertz CT molecular complexity index is 1310. The Labute approximate surface area is 193 Å². The second kappa shape index (κ2) is 8.25. The lowest BCUT2D eigenvalue weighted by Gasteiger charge is -2.19. The molecule has 2 atom stereocenters. The minimum atomic E-state index is -0.970. The van der Waals surface area contributed by atoms with E-state index in [1.807, 2.05) is 0 Å². The Kier molecular flexibility index (Phi) is 5.23. The molecule has 0 N–H and O–H groups in total. The molecule has 34 heavy (non-hydrogen) atoms. The molecule has 2 aliphatic rings. The molecule has 2 aromatic carbocycles. The molecule has 0 saturated carbocycles. The van der Waals surface area contributed by atoms with Gasteiger partial charge in [0, 0.05) is 0 Å². The number of oxazole rings is 1. The molecule has 0 spiro atoms. The molecular formula is C23H20FN5O5. The van der Waals surface area contributed by atoms with Crippen LogP contribution in [0.3, 0.4) is 0 Å². The van der Waals surface area contributed by atoms with E-state index in [-0.39, 0.29) is 12.2 Å². The molecule has 10 nitrogen and oxygen atoms in total. The summed E-state index contributed by atoms with van der Waals surface area (Å²) < 4.78 is 30.0. The second-order valence-electron chi connectivity index (χ2n) is 7.74. The first-order valence-electron chi connectivity index (χ1n) is 10.4. The van der Waals surface area contributed by atoms with Gasteiger partial charge in [0.1, 0.15) is 17.3 Å². The molecular weight excluding hydrogens is 445 g/mol. The second-order valence-corrected chi connectivity index (χ2v) is 7.74. The van der Waals surface area contributed by atoms with Gasteiger partial charge >= 0.3 is 0 Å². The Balaban J connectivity index is 1.41. The minimum absolute atomic E-state index is 0.0998. The summed E-state index contributed by atoms with van der Waals surface area (Å²) in [5.41, 5.74) is 1.41. The number of benzene rings is 2. The Morgan fingerprint density at radius 2 is 1.82 bits per heavy atom. The zero-order chi connectivity index (χ0) is 24.0. The van der Waals surface area contributed by atoms with Crippen molar-refractivity contribution >= 4 is 17.5 Å². The normalized spacial score (nSPS) is 19.2. The number of carbonyl (C=O) groups excluding carboxylic acids is 2. The number of imide groups is 1. The standard InChI is InChI=1S/C23H20FN5O5/c1-12-16(25-21(34-12)15-5-4-6-17(32-2)20(15)33-3)11-28-19-18(26-27-28)22(30)29(23(19)31)14-9-7-13(24)8-10-14/h4-10,18-19H,11H2,1-3H3/t18-,19-/m1/s1. The molecule has 0 aliphatic carbocycles. The zero-order valence-corrected chi connectivity index (χ0v) is 18.6. The van der Waals surface area contributed by atoms with E-state index in [4.69, 9.17) is 13.9 Å². The molecule has 3 heterocycles. The highest BCUT2D eigenvalue weighted by Crippen LogP contribution is 2.39. The Morgan fingerprint density at radius 3 is 2.53 bits per heavy atom. The highest BCUT2D eigenvalue weighted by molar-refractivity contribution is 6.25. The average Bonchev–Trinajstić information content (AvgIpc) is 3.49. The predicted octanol–water partition coefficient (Wildman–Crippen LogP) is 3.30. The fraction of sp³-hybridized carbons (Fsp3) is 0.261. The van der Waals surface area contributed by atoms with Gasteiger partial charge in [-0.15, -0.1) is 0 Å². The molecule has 1 aromatic heterocycles. The summed E-state index contributed by atoms with van der Waals surface area (Å²) in [6, 6.07) is 8.61. The van der Waals surface area contributed by atoms with Crippen LogP contribution in [0, 0.1) is 12.7 Å². The average molecular weight is 465 g/mol. The lowest BCUT2D eigenvalue weighted by Crippen LogP contribution is -2.39. The third-order valence-electron chi connectivity index (χ3n) is 5.78. The van der Waals surface area contributed by atoms with Crippen LogP contribution < -0.4 is 14.4 Å². The zero-order valence-electron chi connectivity index (χ0n) is 18.6. The Hall–Kier alpha value is -4.28. The fourth-order valence-corrected chi connectivity index (χ4v) is 4.10. The van der Waals surface area contributed by atoms with Crippen molar-refractivity contribution in [2.75, 3.05) is 19.1 Å². The number of amides is 2. The lowest BCUT2D eigenvalue weighted by atomic mass is 10.1. The van der Waals surface area contributed by atoms with Gasteiger partial charge in [0.2, 0.25) is 5.89 Å². The van der Waals surface area contributed by atoms with Crippen LogP contribution >= 0.6 is 0 Å². The van der Waals surface area contributed by atoms with Gasteiger partial charge in [-0.05, 0) is 43.3 Å². The van der Waals surface area contributed by atoms with Crippen LogP contribution in [0.4, 0.5) is 10.1 Å². The maximum Gasteiger partial charge on any atom is 0.263 e. The summed E-state index contributed by atoms with van der Waals surface area (Å²) in [6.45, 7) is 1.85. The molecule has 174 valence electrons. The van der Waals surface area contributed by atoms with Crippen LogP contribution in [-0.2, 0) is 16.1 Å². The first kappa shape index (κ1) is 21.6. The van der Waals surface area contributed by atoms with Gasteiger partial charge in [-0.3, -0.25) is 14.6 Å². The van der Waals surface area contributed by atoms with Crippen LogP contribution in [0.25, 0.3) is 11.5 Å². The Morgan fingerprint density at radius 1 is 1.06 bits per heavy atom. The number of carbonyl (C=O) groups is 2. The largest absolute Gasteiger partial charge is 0.493 e. The van der Waals surface area contributed by atoms with Crippen LogP contribution in [0.5, 0.6) is 11.5 Å². The number of hydrogen-bond acceptors (Lipinski definition) is 9. The summed E-state index contributed by atoms with van der Waals surface area (Å²) in [5.74, 6) is 0.390. The molecule has 3 aromatic rings. The van der Waals surface area contributed by atoms with Crippen molar-refractivity contribution in [1.82, 2.24) is 9.99 Å². The summed E-state index contributed by atoms with van der Waals surface area (Å²) in [7, 11) is 3.07. The van der Waals surface area contributed by atoms with E-state index >= 15 is 0 Å². The van der Waals surface area contributed by atoms with Crippen molar-refractivity contribution < 1.29 is 27.9 Å². The van der Waals surface area contributed by atoms with Crippen molar-refractivity contribution in [2.45, 2.75) is 25.6 Å². The summed E-state index contributed by atoms with van der Waals surface area (Å²) in [6.07, 6.45) is 0. The van der Waals surface area contributed by atoms with Crippen LogP contribution in [0.15, 0.2) is 57.2 Å². The molecule has 0 radical (unpaired) electrons. The van der Waals surface area contributed by atoms with E-state index < -0.39 is 29.7 Å². The number of para-hydroxylation sites is 1. The topological polar surface area (TPSA) is 110 Å². The van der Waals surface area contributed by atoms with Crippen LogP contribution in [0.2, 0.25) is 0 Å². The molecule has 5 rings (SSSR count). The van der Waals surface area contributed by atoms with Gasteiger partial charge in [-0.25, -0.2) is 14.3 Å². The van der Waals surface area contributed by atoms with Crippen molar-refractivity contribution in [3.05, 3.63) is 59.7 Å². The maximum absolute atomic E-state index is 13.3. The van der Waals surface area contributed by atoms with Gasteiger partial charge in [0.15, 0.2) is 23.6 Å². The molecule has 1 fully saturated rings. The van der Waals surface area contributed by atoms with Crippen LogP contribution in [-0.4, -0.2) is 48.1 Å². The van der Waals surface area contributed by atoms with Gasteiger partial charge in [-0.1, -0.05) is 11.3 Å². The van der Waals surface area contributed by atoms with Gasteiger partial charge in [0.05, 0.1) is 32.0 Å². The highest BCUT2D eigenvalue weighted by Gasteiger charge is 2.54.